The van der Waals surface area contributed by atoms with Gasteiger partial charge >= 0.3 is 5.97 Å². The van der Waals surface area contributed by atoms with Crippen LogP contribution in [0.25, 0.3) is 0 Å². The first kappa shape index (κ1) is 30.6. The summed E-state index contributed by atoms with van der Waals surface area (Å²) < 4.78 is 51.0. The van der Waals surface area contributed by atoms with E-state index < -0.39 is 29.7 Å². The minimum Gasteiger partial charge on any atom is -0.456 e. The second-order valence-electron chi connectivity index (χ2n) is 14.6. The number of hydrogen-bond donors (Lipinski definition) is 2. The minimum atomic E-state index is -3.16. The van der Waals surface area contributed by atoms with Gasteiger partial charge in [0, 0.05) is 18.8 Å². The van der Waals surface area contributed by atoms with Crippen LogP contribution in [0.2, 0.25) is 0 Å². The van der Waals surface area contributed by atoms with Crippen LogP contribution in [-0.2, 0) is 4.74 Å². The number of aliphatic hydroxyl groups is 2. The van der Waals surface area contributed by atoms with E-state index in [2.05, 4.69) is 13.8 Å². The predicted octanol–water partition coefficient (Wildman–Crippen LogP) is 7.88. The SMILES string of the molecule is C[C@H](CCC(F)(F)C(C)(C)O)[C@H]1CC[C@H]2C3=C(F)C[C@H]4[C@@H](O)[C@@H](OC(=O)c5ccccc5)CC[C@]4(C)[C@H]3CC[C@]12C. The monoisotopic (exact) mass is 576 g/mol. The Labute approximate surface area is 242 Å². The zero-order chi connectivity index (χ0) is 30.0. The summed E-state index contributed by atoms with van der Waals surface area (Å²) in [5, 5.41) is 21.4. The van der Waals surface area contributed by atoms with Gasteiger partial charge in [-0.2, -0.15) is 0 Å². The fourth-order valence-electron chi connectivity index (χ4n) is 9.37. The molecule has 0 spiro atoms. The molecule has 0 aromatic heterocycles. The average molecular weight is 577 g/mol. The average Bonchev–Trinajstić information content (AvgIpc) is 3.27. The van der Waals surface area contributed by atoms with Gasteiger partial charge in [0.15, 0.2) is 0 Å². The maximum atomic E-state index is 16.2. The van der Waals surface area contributed by atoms with Gasteiger partial charge in [0.05, 0.1) is 11.7 Å². The quantitative estimate of drug-likeness (QED) is 0.324. The van der Waals surface area contributed by atoms with Gasteiger partial charge < -0.3 is 14.9 Å². The number of ether oxygens (including phenoxy) is 1. The number of hydrogen-bond acceptors (Lipinski definition) is 4. The smallest absolute Gasteiger partial charge is 0.338 e. The Kier molecular flexibility index (Phi) is 7.98. The highest BCUT2D eigenvalue weighted by molar-refractivity contribution is 5.89. The van der Waals surface area contributed by atoms with Crippen LogP contribution in [-0.4, -0.2) is 39.9 Å². The molecule has 0 radical (unpaired) electrons. The van der Waals surface area contributed by atoms with Gasteiger partial charge in [0.2, 0.25) is 0 Å². The molecule has 228 valence electrons. The maximum absolute atomic E-state index is 16.2. The molecule has 5 rings (SSSR count). The van der Waals surface area contributed by atoms with Crippen molar-refractivity contribution in [3.05, 3.63) is 47.3 Å². The second-order valence-corrected chi connectivity index (χ2v) is 14.6. The highest BCUT2D eigenvalue weighted by Gasteiger charge is 2.62. The Hall–Kier alpha value is -1.86. The minimum absolute atomic E-state index is 0.0216. The van der Waals surface area contributed by atoms with E-state index in [-0.39, 0.29) is 59.1 Å². The first-order valence-corrected chi connectivity index (χ1v) is 15.5. The van der Waals surface area contributed by atoms with Gasteiger partial charge in [-0.25, -0.2) is 18.0 Å². The van der Waals surface area contributed by atoms with Crippen LogP contribution >= 0.6 is 0 Å². The number of halogens is 3. The van der Waals surface area contributed by atoms with Crippen LogP contribution in [0.4, 0.5) is 13.2 Å². The fraction of sp³-hybridized carbons (Fsp3) is 0.735. The van der Waals surface area contributed by atoms with Gasteiger partial charge in [-0.1, -0.05) is 39.0 Å². The van der Waals surface area contributed by atoms with E-state index in [1.54, 1.807) is 24.3 Å². The lowest BCUT2D eigenvalue weighted by molar-refractivity contribution is -0.168. The highest BCUT2D eigenvalue weighted by Crippen LogP contribution is 2.68. The molecule has 1 aromatic carbocycles. The van der Waals surface area contributed by atoms with E-state index in [4.69, 9.17) is 4.74 Å². The van der Waals surface area contributed by atoms with Gasteiger partial charge in [0.1, 0.15) is 17.5 Å². The summed E-state index contributed by atoms with van der Waals surface area (Å²) >= 11 is 0. The predicted molar refractivity (Wildman–Crippen MR) is 152 cm³/mol. The summed E-state index contributed by atoms with van der Waals surface area (Å²) in [4.78, 5) is 12.7. The Balaban J connectivity index is 1.32. The molecule has 1 aromatic rings. The molecular formula is C34H47F3O4. The van der Waals surface area contributed by atoms with Crippen LogP contribution in [0.1, 0.15) is 103 Å². The summed E-state index contributed by atoms with van der Waals surface area (Å²) in [6, 6.07) is 8.73. The number of carbonyl (C=O) groups is 1. The van der Waals surface area contributed by atoms with Crippen LogP contribution in [0, 0.1) is 40.4 Å². The number of aliphatic hydroxyl groups excluding tert-OH is 1. The van der Waals surface area contributed by atoms with Crippen molar-refractivity contribution in [2.75, 3.05) is 0 Å². The van der Waals surface area contributed by atoms with Crippen molar-refractivity contribution < 1.29 is 32.9 Å². The Morgan fingerprint density at radius 3 is 2.34 bits per heavy atom. The van der Waals surface area contributed by atoms with Gasteiger partial charge in [-0.15, -0.1) is 0 Å². The molecule has 0 amide bonds. The molecule has 0 bridgehead atoms. The molecule has 2 N–H and O–H groups in total. The molecule has 0 aliphatic heterocycles. The zero-order valence-electron chi connectivity index (χ0n) is 25.1. The molecule has 9 atom stereocenters. The molecular weight excluding hydrogens is 529 g/mol. The second kappa shape index (κ2) is 10.7. The molecule has 0 unspecified atom stereocenters. The third-order valence-corrected chi connectivity index (χ3v) is 12.0. The molecule has 7 heteroatoms. The van der Waals surface area contributed by atoms with Crippen molar-refractivity contribution in [1.29, 1.82) is 0 Å². The number of alkyl halides is 2. The molecule has 4 aliphatic carbocycles. The van der Waals surface area contributed by atoms with E-state index >= 15 is 4.39 Å². The topological polar surface area (TPSA) is 66.8 Å². The first-order chi connectivity index (χ1) is 19.1. The summed E-state index contributed by atoms with van der Waals surface area (Å²) in [6.07, 6.45) is 3.26. The lowest BCUT2D eigenvalue weighted by atomic mass is 9.47. The molecule has 41 heavy (non-hydrogen) atoms. The van der Waals surface area contributed by atoms with E-state index in [1.807, 2.05) is 13.0 Å². The first-order valence-electron chi connectivity index (χ1n) is 15.5. The summed E-state index contributed by atoms with van der Waals surface area (Å²) in [6.45, 7) is 8.79. The normalized spacial score (nSPS) is 38.1. The van der Waals surface area contributed by atoms with Gasteiger partial charge in [-0.05, 0) is 111 Å². The van der Waals surface area contributed by atoms with Crippen LogP contribution < -0.4 is 0 Å². The Bertz CT molecular complexity index is 1160. The Morgan fingerprint density at radius 1 is 1.05 bits per heavy atom. The molecule has 4 nitrogen and oxygen atoms in total. The van der Waals surface area contributed by atoms with Crippen molar-refractivity contribution in [3.63, 3.8) is 0 Å². The van der Waals surface area contributed by atoms with E-state index in [0.29, 0.717) is 18.4 Å². The number of fused-ring (bicyclic) bond motifs is 5. The standard InChI is InChI=1S/C34H47F3O4/c1-20(13-18-34(36,37)31(2,3)40)22-11-12-23-28-24(14-16-32(22,23)4)33(5)17-15-27(29(38)25(33)19-26(28)35)41-30(39)21-9-7-6-8-10-21/h6-10,20,22-25,27,29,38,40H,11-19H2,1-5H3/t20-,22-,23+,24+,25+,27+,29-,32-,33-/m1/s1. The van der Waals surface area contributed by atoms with Crippen molar-refractivity contribution in [2.45, 2.75) is 116 Å². The van der Waals surface area contributed by atoms with Crippen molar-refractivity contribution in [1.82, 2.24) is 0 Å². The molecule has 0 saturated heterocycles. The molecule has 3 saturated carbocycles. The van der Waals surface area contributed by atoms with Crippen LogP contribution in [0.3, 0.4) is 0 Å². The lowest BCUT2D eigenvalue weighted by Gasteiger charge is -2.59. The largest absolute Gasteiger partial charge is 0.456 e. The van der Waals surface area contributed by atoms with Gasteiger partial charge in [0.25, 0.3) is 5.92 Å². The number of carbonyl (C=O) groups excluding carboxylic acids is 1. The van der Waals surface area contributed by atoms with Crippen molar-refractivity contribution in [3.8, 4) is 0 Å². The maximum Gasteiger partial charge on any atom is 0.338 e. The van der Waals surface area contributed by atoms with Crippen LogP contribution in [0.5, 0.6) is 0 Å². The molecule has 0 heterocycles. The number of esters is 1. The van der Waals surface area contributed by atoms with E-state index in [9.17, 15) is 23.8 Å². The van der Waals surface area contributed by atoms with Gasteiger partial charge in [-0.3, -0.25) is 0 Å². The van der Waals surface area contributed by atoms with Crippen LogP contribution in [0.15, 0.2) is 41.7 Å². The van der Waals surface area contributed by atoms with Crippen molar-refractivity contribution in [2.24, 2.45) is 40.4 Å². The summed E-state index contributed by atoms with van der Waals surface area (Å²) in [5.74, 6) is -3.72. The summed E-state index contributed by atoms with van der Waals surface area (Å²) in [7, 11) is 0. The Morgan fingerprint density at radius 2 is 1.68 bits per heavy atom. The summed E-state index contributed by atoms with van der Waals surface area (Å²) in [5.41, 5.74) is -1.15. The molecule has 4 aliphatic rings. The van der Waals surface area contributed by atoms with Crippen molar-refractivity contribution >= 4 is 5.97 Å². The lowest BCUT2D eigenvalue weighted by Crippen LogP contribution is -2.56. The van der Waals surface area contributed by atoms with E-state index in [0.717, 1.165) is 51.5 Å². The number of benzene rings is 1. The fourth-order valence-corrected chi connectivity index (χ4v) is 9.37. The third-order valence-electron chi connectivity index (χ3n) is 12.0. The number of rotatable bonds is 7. The van der Waals surface area contributed by atoms with E-state index in [1.165, 1.54) is 0 Å². The highest BCUT2D eigenvalue weighted by atomic mass is 19.3. The third kappa shape index (κ3) is 5.17. The molecule has 3 fully saturated rings. The zero-order valence-corrected chi connectivity index (χ0v) is 25.1. The number of allylic oxidation sites excluding steroid dienone is 2.